The van der Waals surface area contributed by atoms with Crippen molar-refractivity contribution in [3.63, 3.8) is 0 Å². The van der Waals surface area contributed by atoms with Gasteiger partial charge in [0.05, 0.1) is 33.0 Å². The van der Waals surface area contributed by atoms with Crippen molar-refractivity contribution in [1.82, 2.24) is 0 Å². The highest BCUT2D eigenvalue weighted by Crippen LogP contribution is 2.30. The number of hydrogen-bond acceptors (Lipinski definition) is 6. The molecule has 0 spiro atoms. The average Bonchev–Trinajstić information content (AvgIpc) is 2.91. The van der Waals surface area contributed by atoms with Crippen LogP contribution < -0.4 is 18.9 Å². The molecule has 0 aliphatic heterocycles. The first-order valence-electron chi connectivity index (χ1n) is 13.6. The highest BCUT2D eigenvalue weighted by atomic mass is 16.5. The maximum Gasteiger partial charge on any atom is 0.161 e. The van der Waals surface area contributed by atoms with Gasteiger partial charge in [-0.25, -0.2) is 0 Å². The Hall–Kier alpha value is -2.73. The van der Waals surface area contributed by atoms with Gasteiger partial charge in [-0.1, -0.05) is 58.4 Å². The number of ether oxygens (including phenoxy) is 4. The van der Waals surface area contributed by atoms with Crippen LogP contribution in [0.25, 0.3) is 0 Å². The Morgan fingerprint density at radius 2 is 1.14 bits per heavy atom. The number of carbonyl (C=O) groups excluding carboxylic acids is 1. The van der Waals surface area contributed by atoms with E-state index in [2.05, 4.69) is 13.8 Å². The van der Waals surface area contributed by atoms with Gasteiger partial charge in [-0.2, -0.15) is 0 Å². The van der Waals surface area contributed by atoms with Gasteiger partial charge >= 0.3 is 0 Å². The minimum atomic E-state index is -0.00440. The topological polar surface area (TPSA) is 74.2 Å². The fraction of sp³-hybridized carbons (Fsp3) is 0.567. The van der Waals surface area contributed by atoms with E-state index in [1.165, 1.54) is 19.3 Å². The normalized spacial score (nSPS) is 10.8. The van der Waals surface area contributed by atoms with Crippen LogP contribution in [0.4, 0.5) is 0 Å². The number of unbranched alkanes of at least 4 members (excludes halogenated alkanes) is 7. The molecular weight excluding hydrogens is 456 g/mol. The van der Waals surface area contributed by atoms with Crippen LogP contribution in [0.15, 0.2) is 36.4 Å². The molecule has 200 valence electrons. The third-order valence-electron chi connectivity index (χ3n) is 5.82. The number of benzene rings is 2. The monoisotopic (exact) mass is 500 g/mol. The molecule has 1 N–H and O–H groups in total. The maximum atomic E-state index is 11.1. The Kier molecular flexibility index (Phi) is 15.2. The first-order chi connectivity index (χ1) is 17.7. The number of aliphatic hydroxyl groups excluding tert-OH is 1. The van der Waals surface area contributed by atoms with E-state index in [0.29, 0.717) is 43.5 Å². The second kappa shape index (κ2) is 18.5. The molecule has 0 heterocycles. The fourth-order valence-corrected chi connectivity index (χ4v) is 3.70. The van der Waals surface area contributed by atoms with Gasteiger partial charge in [-0.15, -0.1) is 0 Å². The number of aliphatic hydroxyl groups is 1. The van der Waals surface area contributed by atoms with Gasteiger partial charge in [0.15, 0.2) is 23.0 Å². The van der Waals surface area contributed by atoms with E-state index in [1.807, 2.05) is 24.3 Å². The van der Waals surface area contributed by atoms with E-state index < -0.39 is 0 Å². The molecule has 0 atom stereocenters. The van der Waals surface area contributed by atoms with Crippen molar-refractivity contribution in [1.29, 1.82) is 0 Å². The summed E-state index contributed by atoms with van der Waals surface area (Å²) in [5.74, 6) is 2.83. The van der Waals surface area contributed by atoms with E-state index in [4.69, 9.17) is 18.9 Å². The molecule has 0 saturated heterocycles. The number of aldehydes is 1. The van der Waals surface area contributed by atoms with Crippen LogP contribution in [0.5, 0.6) is 23.0 Å². The Morgan fingerprint density at radius 1 is 0.611 bits per heavy atom. The molecular formula is C30H44O6. The summed E-state index contributed by atoms with van der Waals surface area (Å²) in [4.78, 5) is 11.1. The van der Waals surface area contributed by atoms with E-state index >= 15 is 0 Å². The molecule has 0 saturated carbocycles. The van der Waals surface area contributed by atoms with Crippen LogP contribution in [0.1, 0.15) is 94.0 Å². The second-order valence-corrected chi connectivity index (χ2v) is 8.99. The highest BCUT2D eigenvalue weighted by Gasteiger charge is 2.08. The Morgan fingerprint density at radius 3 is 1.72 bits per heavy atom. The molecule has 0 aliphatic carbocycles. The van der Waals surface area contributed by atoms with Crippen LogP contribution in [0.2, 0.25) is 0 Å². The van der Waals surface area contributed by atoms with Crippen LogP contribution in [-0.2, 0) is 6.61 Å². The lowest BCUT2D eigenvalue weighted by atomic mass is 10.1. The van der Waals surface area contributed by atoms with Crippen molar-refractivity contribution < 1.29 is 28.8 Å². The zero-order valence-electron chi connectivity index (χ0n) is 22.1. The minimum absolute atomic E-state index is 0.00440. The molecule has 0 aliphatic rings. The van der Waals surface area contributed by atoms with Gasteiger partial charge in [-0.05, 0) is 61.6 Å². The summed E-state index contributed by atoms with van der Waals surface area (Å²) in [7, 11) is 0. The smallest absolute Gasteiger partial charge is 0.161 e. The molecule has 6 nitrogen and oxygen atoms in total. The third-order valence-corrected chi connectivity index (χ3v) is 5.82. The first kappa shape index (κ1) is 29.5. The Balaban J connectivity index is 1.58. The Labute approximate surface area is 216 Å². The lowest BCUT2D eigenvalue weighted by Crippen LogP contribution is -2.03. The molecule has 6 heteroatoms. The van der Waals surface area contributed by atoms with Crippen molar-refractivity contribution in [3.8, 4) is 23.0 Å². The van der Waals surface area contributed by atoms with Crippen LogP contribution in [-0.4, -0.2) is 37.8 Å². The second-order valence-electron chi connectivity index (χ2n) is 8.99. The van der Waals surface area contributed by atoms with Crippen molar-refractivity contribution >= 4 is 6.29 Å². The molecule has 2 rings (SSSR count). The Bertz CT molecular complexity index is 867. The van der Waals surface area contributed by atoms with E-state index in [-0.39, 0.29) is 6.61 Å². The quantitative estimate of drug-likeness (QED) is 0.145. The molecule has 0 aromatic heterocycles. The zero-order valence-corrected chi connectivity index (χ0v) is 22.1. The summed E-state index contributed by atoms with van der Waals surface area (Å²) in [6, 6.07) is 10.9. The van der Waals surface area contributed by atoms with Gasteiger partial charge in [0.1, 0.15) is 6.29 Å². The van der Waals surface area contributed by atoms with Crippen LogP contribution >= 0.6 is 0 Å². The fourth-order valence-electron chi connectivity index (χ4n) is 3.70. The summed E-state index contributed by atoms with van der Waals surface area (Å²) < 4.78 is 23.5. The van der Waals surface area contributed by atoms with Crippen LogP contribution in [0, 0.1) is 0 Å². The molecule has 36 heavy (non-hydrogen) atoms. The molecule has 2 aromatic rings. The van der Waals surface area contributed by atoms with Crippen molar-refractivity contribution in [2.45, 2.75) is 84.7 Å². The van der Waals surface area contributed by atoms with Gasteiger partial charge in [0, 0.05) is 5.56 Å². The summed E-state index contributed by atoms with van der Waals surface area (Å²) >= 11 is 0. The predicted octanol–water partition coefficient (Wildman–Crippen LogP) is 7.15. The van der Waals surface area contributed by atoms with E-state index in [0.717, 1.165) is 68.3 Å². The SMILES string of the molecule is CCCCOc1ccc(CO)cc1OCCCCCCCCCOc1cc(C=O)ccc1OCCC. The van der Waals surface area contributed by atoms with Crippen molar-refractivity contribution in [2.75, 3.05) is 26.4 Å². The third kappa shape index (κ3) is 11.3. The average molecular weight is 501 g/mol. The summed E-state index contributed by atoms with van der Waals surface area (Å²) in [5, 5.41) is 9.41. The van der Waals surface area contributed by atoms with Crippen LogP contribution in [0.3, 0.4) is 0 Å². The highest BCUT2D eigenvalue weighted by molar-refractivity contribution is 5.76. The van der Waals surface area contributed by atoms with E-state index in [1.54, 1.807) is 12.1 Å². The summed E-state index contributed by atoms with van der Waals surface area (Å²) in [5.41, 5.74) is 1.43. The zero-order chi connectivity index (χ0) is 25.8. The van der Waals surface area contributed by atoms with Gasteiger partial charge in [0.2, 0.25) is 0 Å². The largest absolute Gasteiger partial charge is 0.490 e. The number of carbonyl (C=O) groups is 1. The lowest BCUT2D eigenvalue weighted by molar-refractivity contribution is 0.112. The minimum Gasteiger partial charge on any atom is -0.490 e. The molecule has 0 fully saturated rings. The lowest BCUT2D eigenvalue weighted by Gasteiger charge is -2.14. The molecule has 0 unspecified atom stereocenters. The maximum absolute atomic E-state index is 11.1. The van der Waals surface area contributed by atoms with Gasteiger partial charge in [0.25, 0.3) is 0 Å². The molecule has 2 aromatic carbocycles. The van der Waals surface area contributed by atoms with Crippen molar-refractivity contribution in [3.05, 3.63) is 47.5 Å². The first-order valence-corrected chi connectivity index (χ1v) is 13.6. The molecule has 0 radical (unpaired) electrons. The predicted molar refractivity (Wildman–Crippen MR) is 144 cm³/mol. The molecule has 0 bridgehead atoms. The summed E-state index contributed by atoms with van der Waals surface area (Å²) in [6.07, 6.45) is 11.6. The van der Waals surface area contributed by atoms with Crippen molar-refractivity contribution in [2.24, 2.45) is 0 Å². The standard InChI is InChI=1S/C30H44O6/c1-3-5-18-34-28-16-14-26(24-32)22-30(28)36-20-12-10-8-6-7-9-11-19-35-29-21-25(23-31)13-15-27(29)33-17-4-2/h13-16,21-23,32H,3-12,17-20,24H2,1-2H3. The molecule has 0 amide bonds. The van der Waals surface area contributed by atoms with E-state index in [9.17, 15) is 9.90 Å². The number of rotatable bonds is 21. The number of hydrogen-bond donors (Lipinski definition) is 1. The summed E-state index contributed by atoms with van der Waals surface area (Å²) in [6.45, 7) is 6.77. The van der Waals surface area contributed by atoms with Gasteiger partial charge < -0.3 is 24.1 Å². The van der Waals surface area contributed by atoms with Gasteiger partial charge in [-0.3, -0.25) is 4.79 Å².